The maximum absolute atomic E-state index is 12.7. The van der Waals surface area contributed by atoms with Crippen LogP contribution < -0.4 is 5.32 Å². The van der Waals surface area contributed by atoms with Gasteiger partial charge in [-0.3, -0.25) is 4.79 Å². The molecule has 7 heteroatoms. The van der Waals surface area contributed by atoms with Crippen molar-refractivity contribution in [3.05, 3.63) is 29.8 Å². The van der Waals surface area contributed by atoms with Crippen molar-refractivity contribution in [2.24, 2.45) is 0 Å². The van der Waals surface area contributed by atoms with Crippen LogP contribution in [0.4, 0.5) is 0 Å². The summed E-state index contributed by atoms with van der Waals surface area (Å²) in [5.41, 5.74) is 0.466. The maximum Gasteiger partial charge on any atom is 0.251 e. The number of ether oxygens (including phenoxy) is 1. The molecule has 1 fully saturated rings. The topological polar surface area (TPSA) is 75.7 Å². The minimum Gasteiger partial charge on any atom is -0.373 e. The number of sulfonamides is 1. The molecule has 134 valence electrons. The van der Waals surface area contributed by atoms with Crippen LogP contribution in [0.15, 0.2) is 29.2 Å². The van der Waals surface area contributed by atoms with Crippen molar-refractivity contribution in [3.63, 3.8) is 0 Å². The summed E-state index contributed by atoms with van der Waals surface area (Å²) in [4.78, 5) is 12.2. The number of nitrogens with one attached hydrogen (secondary N) is 1. The van der Waals surface area contributed by atoms with E-state index in [1.165, 1.54) is 16.4 Å². The van der Waals surface area contributed by atoms with Crippen LogP contribution in [-0.4, -0.2) is 50.5 Å². The van der Waals surface area contributed by atoms with Gasteiger partial charge in [-0.15, -0.1) is 0 Å². The van der Waals surface area contributed by atoms with Gasteiger partial charge >= 0.3 is 0 Å². The zero-order valence-electron chi connectivity index (χ0n) is 14.5. The van der Waals surface area contributed by atoms with E-state index in [1.807, 2.05) is 13.8 Å². The molecule has 2 rings (SSSR count). The first-order valence-corrected chi connectivity index (χ1v) is 9.82. The number of amides is 1. The standard InChI is InChI=1S/C17H26N2O4S/c1-4-5-10-18-17(20)15-6-8-16(9-7-15)24(21,22)19-11-13(2)23-14(3)12-19/h6-9,13-14H,4-5,10-12H2,1-3H3,(H,18,20)/t13-,14+. The van der Waals surface area contributed by atoms with Gasteiger partial charge in [-0.2, -0.15) is 4.31 Å². The summed E-state index contributed by atoms with van der Waals surface area (Å²) >= 11 is 0. The van der Waals surface area contributed by atoms with Crippen LogP contribution in [0.3, 0.4) is 0 Å². The SMILES string of the molecule is CCCCNC(=O)c1ccc(S(=O)(=O)N2C[C@@H](C)O[C@@H](C)C2)cc1. The summed E-state index contributed by atoms with van der Waals surface area (Å²) in [6, 6.07) is 6.10. The monoisotopic (exact) mass is 354 g/mol. The van der Waals surface area contributed by atoms with E-state index in [0.717, 1.165) is 12.8 Å². The molecule has 1 N–H and O–H groups in total. The minimum absolute atomic E-state index is 0.132. The highest BCUT2D eigenvalue weighted by atomic mass is 32.2. The second-order valence-electron chi connectivity index (χ2n) is 6.21. The molecule has 0 aromatic heterocycles. The number of hydrogen-bond acceptors (Lipinski definition) is 4. The number of unbranched alkanes of at least 4 members (excludes halogenated alkanes) is 1. The summed E-state index contributed by atoms with van der Waals surface area (Å²) in [6.45, 7) is 7.08. The molecule has 1 aromatic carbocycles. The van der Waals surface area contributed by atoms with Gasteiger partial charge in [0.2, 0.25) is 10.0 Å². The summed E-state index contributed by atoms with van der Waals surface area (Å²) in [7, 11) is -3.57. The average Bonchev–Trinajstić information content (AvgIpc) is 2.54. The molecule has 6 nitrogen and oxygen atoms in total. The number of carbonyl (C=O) groups is 1. The summed E-state index contributed by atoms with van der Waals surface area (Å²) in [6.07, 6.45) is 1.67. The predicted molar refractivity (Wildman–Crippen MR) is 92.5 cm³/mol. The van der Waals surface area contributed by atoms with Gasteiger partial charge in [0, 0.05) is 25.2 Å². The van der Waals surface area contributed by atoms with Gasteiger partial charge in [-0.1, -0.05) is 13.3 Å². The second kappa shape index (κ2) is 8.09. The van der Waals surface area contributed by atoms with E-state index in [-0.39, 0.29) is 23.0 Å². The summed E-state index contributed by atoms with van der Waals surface area (Å²) < 4.78 is 32.5. The first-order chi connectivity index (χ1) is 11.3. The summed E-state index contributed by atoms with van der Waals surface area (Å²) in [5.74, 6) is -0.180. The molecule has 0 bridgehead atoms. The molecule has 1 aliphatic rings. The third-order valence-electron chi connectivity index (χ3n) is 3.96. The first-order valence-electron chi connectivity index (χ1n) is 8.38. The van der Waals surface area contributed by atoms with E-state index in [2.05, 4.69) is 12.2 Å². The van der Waals surface area contributed by atoms with Crippen molar-refractivity contribution in [1.82, 2.24) is 9.62 Å². The Labute approximate surface area is 144 Å². The molecule has 0 spiro atoms. The van der Waals surface area contributed by atoms with Crippen molar-refractivity contribution in [2.75, 3.05) is 19.6 Å². The Morgan fingerprint density at radius 2 is 1.79 bits per heavy atom. The molecule has 2 atom stereocenters. The number of nitrogens with zero attached hydrogens (tertiary/aromatic N) is 1. The van der Waals surface area contributed by atoms with Crippen LogP contribution in [0.2, 0.25) is 0 Å². The lowest BCUT2D eigenvalue weighted by Crippen LogP contribution is -2.48. The van der Waals surface area contributed by atoms with E-state index in [4.69, 9.17) is 4.74 Å². The Bertz CT molecular complexity index is 648. The normalized spacial score (nSPS) is 22.3. The molecular formula is C17H26N2O4S. The van der Waals surface area contributed by atoms with Gasteiger partial charge < -0.3 is 10.1 Å². The highest BCUT2D eigenvalue weighted by Gasteiger charge is 2.32. The van der Waals surface area contributed by atoms with Gasteiger partial charge in [0.25, 0.3) is 5.91 Å². The number of morpholine rings is 1. The third kappa shape index (κ3) is 4.55. The molecule has 1 heterocycles. The molecule has 1 aromatic rings. The molecule has 0 saturated carbocycles. The number of rotatable bonds is 6. The zero-order valence-corrected chi connectivity index (χ0v) is 15.3. The fourth-order valence-electron chi connectivity index (χ4n) is 2.74. The quantitative estimate of drug-likeness (QED) is 0.793. The van der Waals surface area contributed by atoms with Gasteiger partial charge in [-0.25, -0.2) is 8.42 Å². The maximum atomic E-state index is 12.7. The van der Waals surface area contributed by atoms with E-state index in [0.29, 0.717) is 25.2 Å². The molecule has 1 saturated heterocycles. The fourth-order valence-corrected chi connectivity index (χ4v) is 4.33. The predicted octanol–water partition coefficient (Wildman–Crippen LogP) is 2.01. The van der Waals surface area contributed by atoms with Crippen LogP contribution in [0.1, 0.15) is 44.0 Å². The van der Waals surface area contributed by atoms with E-state index < -0.39 is 10.0 Å². The van der Waals surface area contributed by atoms with Crippen molar-refractivity contribution < 1.29 is 17.9 Å². The average molecular weight is 354 g/mol. The Kier molecular flexibility index (Phi) is 6.37. The highest BCUT2D eigenvalue weighted by molar-refractivity contribution is 7.89. The smallest absolute Gasteiger partial charge is 0.251 e. The van der Waals surface area contributed by atoms with Crippen molar-refractivity contribution >= 4 is 15.9 Å². The minimum atomic E-state index is -3.57. The lowest BCUT2D eigenvalue weighted by Gasteiger charge is -2.34. The van der Waals surface area contributed by atoms with Crippen LogP contribution >= 0.6 is 0 Å². The van der Waals surface area contributed by atoms with Crippen molar-refractivity contribution in [3.8, 4) is 0 Å². The lowest BCUT2D eigenvalue weighted by molar-refractivity contribution is -0.0440. The Morgan fingerprint density at radius 1 is 1.21 bits per heavy atom. The third-order valence-corrected chi connectivity index (χ3v) is 5.80. The van der Waals surface area contributed by atoms with E-state index >= 15 is 0 Å². The van der Waals surface area contributed by atoms with Crippen LogP contribution in [-0.2, 0) is 14.8 Å². The van der Waals surface area contributed by atoms with Gasteiger partial charge in [0.1, 0.15) is 0 Å². The van der Waals surface area contributed by atoms with Crippen molar-refractivity contribution in [2.45, 2.75) is 50.7 Å². The molecule has 1 aliphatic heterocycles. The molecular weight excluding hydrogens is 328 g/mol. The Morgan fingerprint density at radius 3 is 2.33 bits per heavy atom. The van der Waals surface area contributed by atoms with E-state index in [9.17, 15) is 13.2 Å². The molecule has 24 heavy (non-hydrogen) atoms. The van der Waals surface area contributed by atoms with Crippen LogP contribution in [0, 0.1) is 0 Å². The fraction of sp³-hybridized carbons (Fsp3) is 0.588. The molecule has 0 radical (unpaired) electrons. The lowest BCUT2D eigenvalue weighted by atomic mass is 10.2. The van der Waals surface area contributed by atoms with Gasteiger partial charge in [0.15, 0.2) is 0 Å². The molecule has 0 aliphatic carbocycles. The first kappa shape index (κ1) is 18.9. The second-order valence-corrected chi connectivity index (χ2v) is 8.15. The Balaban J connectivity index is 2.10. The van der Waals surface area contributed by atoms with Crippen LogP contribution in [0.5, 0.6) is 0 Å². The van der Waals surface area contributed by atoms with Gasteiger partial charge in [0.05, 0.1) is 17.1 Å². The van der Waals surface area contributed by atoms with Gasteiger partial charge in [-0.05, 0) is 44.5 Å². The van der Waals surface area contributed by atoms with Crippen LogP contribution in [0.25, 0.3) is 0 Å². The zero-order chi connectivity index (χ0) is 17.7. The summed E-state index contributed by atoms with van der Waals surface area (Å²) in [5, 5.41) is 2.82. The number of carbonyl (C=O) groups excluding carboxylic acids is 1. The van der Waals surface area contributed by atoms with E-state index in [1.54, 1.807) is 12.1 Å². The largest absolute Gasteiger partial charge is 0.373 e. The number of benzene rings is 1. The van der Waals surface area contributed by atoms with Crippen molar-refractivity contribution in [1.29, 1.82) is 0 Å². The molecule has 0 unspecified atom stereocenters. The highest BCUT2D eigenvalue weighted by Crippen LogP contribution is 2.21. The molecule has 1 amide bonds. The Hall–Kier alpha value is -1.44. The number of hydrogen-bond donors (Lipinski definition) is 1.